The molecule has 32 heavy (non-hydrogen) atoms. The van der Waals surface area contributed by atoms with Crippen LogP contribution in [0.25, 0.3) is 16.2 Å². The smallest absolute Gasteiger partial charge is 0.346 e. The van der Waals surface area contributed by atoms with Gasteiger partial charge >= 0.3 is 6.18 Å². The van der Waals surface area contributed by atoms with Crippen LogP contribution in [0.5, 0.6) is 0 Å². The number of nitrogens with one attached hydrogen (secondary N) is 1. The normalized spacial score (nSPS) is 11.9. The first-order chi connectivity index (χ1) is 15.2. The molecule has 0 atom stereocenters. The Hall–Kier alpha value is -3.21. The monoisotopic (exact) mass is 462 g/mol. The first-order valence-corrected chi connectivity index (χ1v) is 10.9. The first kappa shape index (κ1) is 22.0. The number of fused-ring (bicyclic) bond motifs is 1. The average molecular weight is 463 g/mol. The topological polar surface area (TPSA) is 77.1 Å². The van der Waals surface area contributed by atoms with E-state index in [0.717, 1.165) is 28.6 Å². The van der Waals surface area contributed by atoms with Gasteiger partial charge in [0.15, 0.2) is 17.0 Å². The number of halogens is 3. The third kappa shape index (κ3) is 4.12. The minimum atomic E-state index is -4.66. The summed E-state index contributed by atoms with van der Waals surface area (Å²) in [4.78, 5) is 18.6. The highest BCUT2D eigenvalue weighted by Crippen LogP contribution is 2.34. The van der Waals surface area contributed by atoms with Crippen molar-refractivity contribution in [1.82, 2.24) is 29.7 Å². The van der Waals surface area contributed by atoms with Gasteiger partial charge in [0.1, 0.15) is 0 Å². The standard InChI is InChI=1S/C21H21F3N6OS/c1-4-14-6-7-17(32-14)15-8-18(21(22,23)24)30-19(27-15)9-16(28-30)20(31)25-10-13-11-26-29(5-2)12(13)3/h6-9,11H,4-5,10H2,1-3H3,(H,25,31). The van der Waals surface area contributed by atoms with Crippen molar-refractivity contribution in [3.8, 4) is 10.6 Å². The van der Waals surface area contributed by atoms with E-state index in [1.54, 1.807) is 16.9 Å². The zero-order valence-corrected chi connectivity index (χ0v) is 18.5. The molecule has 11 heteroatoms. The van der Waals surface area contributed by atoms with Crippen molar-refractivity contribution in [2.24, 2.45) is 0 Å². The fraction of sp³-hybridized carbons (Fsp3) is 0.333. The van der Waals surface area contributed by atoms with Crippen molar-refractivity contribution in [1.29, 1.82) is 0 Å². The van der Waals surface area contributed by atoms with Crippen molar-refractivity contribution in [2.75, 3.05) is 0 Å². The largest absolute Gasteiger partial charge is 0.433 e. The van der Waals surface area contributed by atoms with Crippen LogP contribution in [0.1, 0.15) is 46.2 Å². The van der Waals surface area contributed by atoms with Crippen molar-refractivity contribution in [3.63, 3.8) is 0 Å². The summed E-state index contributed by atoms with van der Waals surface area (Å²) < 4.78 is 43.7. The van der Waals surface area contributed by atoms with Gasteiger partial charge in [0.05, 0.1) is 16.8 Å². The number of aromatic nitrogens is 5. The molecule has 4 rings (SSSR count). The summed E-state index contributed by atoms with van der Waals surface area (Å²) in [5.41, 5.74) is 0.773. The molecule has 0 fully saturated rings. The highest BCUT2D eigenvalue weighted by molar-refractivity contribution is 7.15. The molecule has 0 aliphatic heterocycles. The van der Waals surface area contributed by atoms with E-state index in [1.807, 2.05) is 26.8 Å². The average Bonchev–Trinajstić information content (AvgIpc) is 3.48. The lowest BCUT2D eigenvalue weighted by Crippen LogP contribution is -2.23. The van der Waals surface area contributed by atoms with Gasteiger partial charge in [-0.25, -0.2) is 9.50 Å². The molecule has 0 spiro atoms. The molecule has 1 N–H and O–H groups in total. The Kier molecular flexibility index (Phi) is 5.76. The van der Waals surface area contributed by atoms with Crippen molar-refractivity contribution >= 4 is 22.9 Å². The lowest BCUT2D eigenvalue weighted by molar-refractivity contribution is -0.142. The van der Waals surface area contributed by atoms with E-state index in [2.05, 4.69) is 20.5 Å². The molecule has 4 aromatic heterocycles. The fourth-order valence-electron chi connectivity index (χ4n) is 3.36. The van der Waals surface area contributed by atoms with Crippen molar-refractivity contribution in [3.05, 3.63) is 58.0 Å². The van der Waals surface area contributed by atoms with Crippen LogP contribution in [-0.4, -0.2) is 30.3 Å². The molecule has 4 heterocycles. The van der Waals surface area contributed by atoms with E-state index >= 15 is 0 Å². The number of carbonyl (C=O) groups excluding carboxylic acids is 1. The van der Waals surface area contributed by atoms with E-state index in [-0.39, 0.29) is 23.6 Å². The molecule has 0 aromatic carbocycles. The molecule has 0 unspecified atom stereocenters. The van der Waals surface area contributed by atoms with Gasteiger partial charge in [0.2, 0.25) is 0 Å². The van der Waals surface area contributed by atoms with Crippen molar-refractivity contribution < 1.29 is 18.0 Å². The van der Waals surface area contributed by atoms with Crippen LogP contribution < -0.4 is 5.32 Å². The van der Waals surface area contributed by atoms with E-state index in [9.17, 15) is 18.0 Å². The number of carbonyl (C=O) groups is 1. The maximum Gasteiger partial charge on any atom is 0.433 e. The van der Waals surface area contributed by atoms with E-state index in [1.165, 1.54) is 17.4 Å². The molecule has 168 valence electrons. The molecule has 4 aromatic rings. The Morgan fingerprint density at radius 2 is 2.00 bits per heavy atom. The van der Waals surface area contributed by atoms with Gasteiger partial charge in [0.25, 0.3) is 5.91 Å². The summed E-state index contributed by atoms with van der Waals surface area (Å²) in [6.07, 6.45) is -2.22. The van der Waals surface area contributed by atoms with E-state index in [4.69, 9.17) is 0 Å². The molecular weight excluding hydrogens is 441 g/mol. The lowest BCUT2D eigenvalue weighted by Gasteiger charge is -2.10. The Morgan fingerprint density at radius 1 is 1.22 bits per heavy atom. The molecule has 0 saturated carbocycles. The summed E-state index contributed by atoms with van der Waals surface area (Å²) in [5.74, 6) is -0.585. The third-order valence-electron chi connectivity index (χ3n) is 5.16. The van der Waals surface area contributed by atoms with Gasteiger partial charge in [-0.3, -0.25) is 9.48 Å². The van der Waals surface area contributed by atoms with E-state index in [0.29, 0.717) is 15.9 Å². The van der Waals surface area contributed by atoms with Gasteiger partial charge in [0, 0.05) is 35.3 Å². The van der Waals surface area contributed by atoms with E-state index < -0.39 is 17.8 Å². The van der Waals surface area contributed by atoms with Crippen LogP contribution in [0.3, 0.4) is 0 Å². The molecule has 0 aliphatic rings. The van der Waals surface area contributed by atoms with Crippen LogP contribution in [0, 0.1) is 6.92 Å². The second-order valence-electron chi connectivity index (χ2n) is 7.20. The van der Waals surface area contributed by atoms with Crippen molar-refractivity contribution in [2.45, 2.75) is 46.5 Å². The van der Waals surface area contributed by atoms with Crippen LogP contribution in [0.4, 0.5) is 13.2 Å². The predicted molar refractivity (Wildman–Crippen MR) is 114 cm³/mol. The zero-order chi connectivity index (χ0) is 23.0. The van der Waals surface area contributed by atoms with Gasteiger partial charge in [-0.05, 0) is 38.5 Å². The molecular formula is C21H21F3N6OS. The quantitative estimate of drug-likeness (QED) is 0.458. The number of thiophene rings is 1. The van der Waals surface area contributed by atoms with Gasteiger partial charge in [-0.1, -0.05) is 6.92 Å². The third-order valence-corrected chi connectivity index (χ3v) is 6.41. The predicted octanol–water partition coefficient (Wildman–Crippen LogP) is 4.49. The fourth-order valence-corrected chi connectivity index (χ4v) is 4.27. The summed E-state index contributed by atoms with van der Waals surface area (Å²) in [7, 11) is 0. The number of alkyl halides is 3. The highest BCUT2D eigenvalue weighted by atomic mass is 32.1. The summed E-state index contributed by atoms with van der Waals surface area (Å²) in [5, 5.41) is 10.8. The molecule has 1 amide bonds. The van der Waals surface area contributed by atoms with Gasteiger partial charge in [-0.2, -0.15) is 23.4 Å². The van der Waals surface area contributed by atoms with Gasteiger partial charge < -0.3 is 5.32 Å². The number of nitrogens with zero attached hydrogens (tertiary/aromatic N) is 5. The highest BCUT2D eigenvalue weighted by Gasteiger charge is 2.35. The first-order valence-electron chi connectivity index (χ1n) is 10.1. The Morgan fingerprint density at radius 3 is 2.62 bits per heavy atom. The van der Waals surface area contributed by atoms with Crippen LogP contribution >= 0.6 is 11.3 Å². The summed E-state index contributed by atoms with van der Waals surface area (Å²) in [6.45, 7) is 6.71. The lowest BCUT2D eigenvalue weighted by atomic mass is 10.2. The molecule has 0 aliphatic carbocycles. The molecule has 0 radical (unpaired) electrons. The van der Waals surface area contributed by atoms with Crippen LogP contribution in [-0.2, 0) is 25.7 Å². The second kappa shape index (κ2) is 8.38. The molecule has 0 bridgehead atoms. The minimum absolute atomic E-state index is 0.0404. The second-order valence-corrected chi connectivity index (χ2v) is 8.37. The summed E-state index contributed by atoms with van der Waals surface area (Å²) in [6, 6.07) is 5.86. The Labute approximate surface area is 185 Å². The van der Waals surface area contributed by atoms with Crippen LogP contribution in [0.2, 0.25) is 0 Å². The Bertz CT molecular complexity index is 1290. The zero-order valence-electron chi connectivity index (χ0n) is 17.7. The van der Waals surface area contributed by atoms with Gasteiger partial charge in [-0.15, -0.1) is 11.3 Å². The minimum Gasteiger partial charge on any atom is -0.346 e. The number of rotatable bonds is 6. The number of hydrogen-bond acceptors (Lipinski definition) is 5. The number of hydrogen-bond donors (Lipinski definition) is 1. The molecule has 7 nitrogen and oxygen atoms in total. The maximum atomic E-state index is 13.7. The Balaban J connectivity index is 1.67. The maximum absolute atomic E-state index is 13.7. The number of amides is 1. The summed E-state index contributed by atoms with van der Waals surface area (Å²) >= 11 is 1.39. The number of aryl methyl sites for hydroxylation is 2. The van der Waals surface area contributed by atoms with Crippen LogP contribution in [0.15, 0.2) is 30.5 Å². The molecule has 0 saturated heterocycles. The SMILES string of the molecule is CCc1ccc(-c2cc(C(F)(F)F)n3nc(C(=O)NCc4cnn(CC)c4C)cc3n2)s1.